The van der Waals surface area contributed by atoms with Crippen LogP contribution >= 0.6 is 0 Å². The molecule has 0 saturated heterocycles. The van der Waals surface area contributed by atoms with Gasteiger partial charge in [-0.3, -0.25) is 0 Å². The van der Waals surface area contributed by atoms with Crippen LogP contribution in [0.25, 0.3) is 0 Å². The Bertz CT molecular complexity index is 661. The van der Waals surface area contributed by atoms with Gasteiger partial charge in [0, 0.05) is 6.61 Å². The second-order valence-corrected chi connectivity index (χ2v) is 5.93. The molecule has 0 aliphatic carbocycles. The van der Waals surface area contributed by atoms with Gasteiger partial charge in [-0.05, 0) is 68.1 Å². The van der Waals surface area contributed by atoms with Crippen molar-refractivity contribution in [1.82, 2.24) is 0 Å². The van der Waals surface area contributed by atoms with E-state index in [1.165, 1.54) is 5.56 Å². The highest BCUT2D eigenvalue weighted by Gasteiger charge is 2.10. The van der Waals surface area contributed by atoms with Crippen molar-refractivity contribution in [3.8, 4) is 11.5 Å². The van der Waals surface area contributed by atoms with Crippen molar-refractivity contribution < 1.29 is 19.0 Å². The maximum atomic E-state index is 12.2. The molecule has 0 aromatic heterocycles. The highest BCUT2D eigenvalue weighted by molar-refractivity contribution is 5.91. The van der Waals surface area contributed by atoms with E-state index in [9.17, 15) is 4.79 Å². The Balaban J connectivity index is 1.96. The van der Waals surface area contributed by atoms with Gasteiger partial charge < -0.3 is 14.2 Å². The summed E-state index contributed by atoms with van der Waals surface area (Å²) < 4.78 is 16.3. The van der Waals surface area contributed by atoms with Crippen molar-refractivity contribution in [2.45, 2.75) is 46.3 Å². The van der Waals surface area contributed by atoms with Crippen LogP contribution in [0.5, 0.6) is 11.5 Å². The molecular formula is C21H26O4. The van der Waals surface area contributed by atoms with Crippen molar-refractivity contribution in [3.63, 3.8) is 0 Å². The van der Waals surface area contributed by atoms with Crippen molar-refractivity contribution in [2.75, 3.05) is 6.61 Å². The number of rotatable bonds is 8. The highest BCUT2D eigenvalue weighted by Crippen LogP contribution is 2.21. The topological polar surface area (TPSA) is 44.8 Å². The molecule has 4 nitrogen and oxygen atoms in total. The van der Waals surface area contributed by atoms with Gasteiger partial charge in [0.2, 0.25) is 0 Å². The molecule has 0 aliphatic heterocycles. The van der Waals surface area contributed by atoms with Gasteiger partial charge in [-0.2, -0.15) is 0 Å². The van der Waals surface area contributed by atoms with Gasteiger partial charge in [-0.1, -0.05) is 26.0 Å². The average Bonchev–Trinajstić information content (AvgIpc) is 2.63. The minimum absolute atomic E-state index is 0.317. The molecule has 2 atom stereocenters. The molecular weight excluding hydrogens is 316 g/mol. The lowest BCUT2D eigenvalue weighted by Gasteiger charge is -2.14. The standard InChI is InChI=1S/C21H26O4/c1-5-15(3)17-7-9-18(10-8-17)21(22)25-20-13-11-19(12-14-20)24-16(4)23-6-2/h7-16H,5-6H2,1-4H3. The number of carbonyl (C=O) groups is 1. The lowest BCUT2D eigenvalue weighted by atomic mass is 9.98. The van der Waals surface area contributed by atoms with Crippen molar-refractivity contribution in [3.05, 3.63) is 59.7 Å². The highest BCUT2D eigenvalue weighted by atomic mass is 16.7. The normalized spacial score (nSPS) is 13.1. The van der Waals surface area contributed by atoms with Crippen molar-refractivity contribution in [2.24, 2.45) is 0 Å². The zero-order valence-corrected chi connectivity index (χ0v) is 15.3. The van der Waals surface area contributed by atoms with Crippen LogP contribution in [-0.2, 0) is 4.74 Å². The summed E-state index contributed by atoms with van der Waals surface area (Å²) in [6.45, 7) is 8.66. The SMILES string of the molecule is CCOC(C)Oc1ccc(OC(=O)c2ccc(C(C)CC)cc2)cc1. The van der Waals surface area contributed by atoms with Crippen LogP contribution in [0.1, 0.15) is 56.0 Å². The molecule has 2 rings (SSSR count). The van der Waals surface area contributed by atoms with Crippen molar-refractivity contribution >= 4 is 5.97 Å². The average molecular weight is 342 g/mol. The summed E-state index contributed by atoms with van der Waals surface area (Å²) in [7, 11) is 0. The summed E-state index contributed by atoms with van der Waals surface area (Å²) in [6.07, 6.45) is 0.752. The Hall–Kier alpha value is -2.33. The minimum Gasteiger partial charge on any atom is -0.465 e. The summed E-state index contributed by atoms with van der Waals surface area (Å²) in [5.74, 6) is 1.26. The van der Waals surface area contributed by atoms with Crippen LogP contribution in [0, 0.1) is 0 Å². The number of ether oxygens (including phenoxy) is 3. The number of carbonyl (C=O) groups excluding carboxylic acids is 1. The fourth-order valence-corrected chi connectivity index (χ4v) is 2.40. The third kappa shape index (κ3) is 5.61. The van der Waals surface area contributed by atoms with Gasteiger partial charge in [-0.25, -0.2) is 4.79 Å². The Morgan fingerprint density at radius 2 is 1.52 bits per heavy atom. The molecule has 0 bridgehead atoms. The Labute approximate surface area is 149 Å². The molecule has 0 N–H and O–H groups in total. The molecule has 0 radical (unpaired) electrons. The summed E-state index contributed by atoms with van der Waals surface area (Å²) in [5.41, 5.74) is 1.77. The first kappa shape index (κ1) is 19.0. The van der Waals surface area contributed by atoms with Gasteiger partial charge in [0.25, 0.3) is 0 Å². The zero-order valence-electron chi connectivity index (χ0n) is 15.3. The van der Waals surface area contributed by atoms with Crippen LogP contribution in [-0.4, -0.2) is 18.9 Å². The van der Waals surface area contributed by atoms with Gasteiger partial charge in [-0.15, -0.1) is 0 Å². The molecule has 2 aromatic carbocycles. The third-order valence-electron chi connectivity index (χ3n) is 4.07. The van der Waals surface area contributed by atoms with E-state index in [0.29, 0.717) is 29.6 Å². The summed E-state index contributed by atoms with van der Waals surface area (Å²) >= 11 is 0. The third-order valence-corrected chi connectivity index (χ3v) is 4.07. The molecule has 0 amide bonds. The molecule has 0 heterocycles. The Morgan fingerprint density at radius 3 is 2.08 bits per heavy atom. The van der Waals surface area contributed by atoms with E-state index in [-0.39, 0.29) is 12.3 Å². The molecule has 2 unspecified atom stereocenters. The van der Waals surface area contributed by atoms with Crippen LogP contribution in [0.3, 0.4) is 0 Å². The molecule has 0 spiro atoms. The first-order chi connectivity index (χ1) is 12.0. The van der Waals surface area contributed by atoms with Crippen molar-refractivity contribution in [1.29, 1.82) is 0 Å². The van der Waals surface area contributed by atoms with E-state index in [1.807, 2.05) is 38.1 Å². The lowest BCUT2D eigenvalue weighted by molar-refractivity contribution is -0.0613. The van der Waals surface area contributed by atoms with Crippen LogP contribution in [0.15, 0.2) is 48.5 Å². The van der Waals surface area contributed by atoms with E-state index < -0.39 is 0 Å². The van der Waals surface area contributed by atoms with Crippen LogP contribution in [0.2, 0.25) is 0 Å². The number of benzene rings is 2. The van der Waals surface area contributed by atoms with Crippen LogP contribution in [0.4, 0.5) is 0 Å². The van der Waals surface area contributed by atoms with E-state index in [1.54, 1.807) is 24.3 Å². The van der Waals surface area contributed by atoms with Gasteiger partial charge in [0.1, 0.15) is 11.5 Å². The monoisotopic (exact) mass is 342 g/mol. The summed E-state index contributed by atoms with van der Waals surface area (Å²) in [4.78, 5) is 12.2. The largest absolute Gasteiger partial charge is 0.465 e. The predicted octanol–water partition coefficient (Wildman–Crippen LogP) is 5.18. The van der Waals surface area contributed by atoms with E-state index in [2.05, 4.69) is 13.8 Å². The molecule has 0 saturated carbocycles. The van der Waals surface area contributed by atoms with E-state index in [4.69, 9.17) is 14.2 Å². The van der Waals surface area contributed by atoms with Gasteiger partial charge in [0.15, 0.2) is 6.29 Å². The molecule has 2 aromatic rings. The van der Waals surface area contributed by atoms with Gasteiger partial charge >= 0.3 is 5.97 Å². The maximum absolute atomic E-state index is 12.2. The number of hydrogen-bond donors (Lipinski definition) is 0. The summed E-state index contributed by atoms with van der Waals surface area (Å²) in [5, 5.41) is 0. The zero-order chi connectivity index (χ0) is 18.2. The second kappa shape index (κ2) is 9.23. The maximum Gasteiger partial charge on any atom is 0.343 e. The molecule has 4 heteroatoms. The smallest absolute Gasteiger partial charge is 0.343 e. The molecule has 0 fully saturated rings. The quantitative estimate of drug-likeness (QED) is 0.377. The fourth-order valence-electron chi connectivity index (χ4n) is 2.40. The van der Waals surface area contributed by atoms with E-state index >= 15 is 0 Å². The lowest BCUT2D eigenvalue weighted by Crippen LogP contribution is -2.15. The number of hydrogen-bond acceptors (Lipinski definition) is 4. The van der Waals surface area contributed by atoms with E-state index in [0.717, 1.165) is 6.42 Å². The molecule has 25 heavy (non-hydrogen) atoms. The van der Waals surface area contributed by atoms with Crippen LogP contribution < -0.4 is 9.47 Å². The minimum atomic E-state index is -0.368. The first-order valence-electron chi connectivity index (χ1n) is 8.74. The van der Waals surface area contributed by atoms with Gasteiger partial charge in [0.05, 0.1) is 5.56 Å². The fraction of sp³-hybridized carbons (Fsp3) is 0.381. The molecule has 134 valence electrons. The Kier molecular flexibility index (Phi) is 7.02. The number of esters is 1. The Morgan fingerprint density at radius 1 is 0.920 bits per heavy atom. The second-order valence-electron chi connectivity index (χ2n) is 5.93. The molecule has 0 aliphatic rings. The predicted molar refractivity (Wildman–Crippen MR) is 98.3 cm³/mol. The summed E-state index contributed by atoms with van der Waals surface area (Å²) in [6, 6.07) is 14.5. The first-order valence-corrected chi connectivity index (χ1v) is 8.74.